The highest BCUT2D eigenvalue weighted by Crippen LogP contribution is 2.30. The Balaban J connectivity index is 1.61. The summed E-state index contributed by atoms with van der Waals surface area (Å²) in [4.78, 5) is 2.28. The first-order chi connectivity index (χ1) is 10.1. The topological polar surface area (TPSA) is 12.5 Å². The third-order valence-corrected chi connectivity index (χ3v) is 3.70. The molecule has 0 unspecified atom stereocenters. The highest BCUT2D eigenvalue weighted by atomic mass is 16.5. The maximum atomic E-state index is 5.81. The zero-order valence-electron chi connectivity index (χ0n) is 12.6. The van der Waals surface area contributed by atoms with Crippen LogP contribution in [0.15, 0.2) is 66.9 Å². The summed E-state index contributed by atoms with van der Waals surface area (Å²) >= 11 is 0. The Morgan fingerprint density at radius 1 is 1.00 bits per heavy atom. The number of ether oxygens (including phenoxy) is 1. The van der Waals surface area contributed by atoms with Crippen molar-refractivity contribution in [3.05, 3.63) is 72.4 Å². The molecule has 2 aromatic carbocycles. The van der Waals surface area contributed by atoms with E-state index in [1.807, 2.05) is 30.3 Å². The molecular formula is C19H21NO. The Morgan fingerprint density at radius 3 is 2.33 bits per heavy atom. The summed E-state index contributed by atoms with van der Waals surface area (Å²) in [6.45, 7) is 6.13. The Morgan fingerprint density at radius 2 is 1.71 bits per heavy atom. The van der Waals surface area contributed by atoms with E-state index in [9.17, 15) is 0 Å². The van der Waals surface area contributed by atoms with Crippen LogP contribution in [0.25, 0.3) is 0 Å². The largest absolute Gasteiger partial charge is 0.489 e. The van der Waals surface area contributed by atoms with Crippen LogP contribution in [-0.4, -0.2) is 6.54 Å². The first kappa shape index (κ1) is 13.7. The predicted molar refractivity (Wildman–Crippen MR) is 87.5 cm³/mol. The summed E-state index contributed by atoms with van der Waals surface area (Å²) in [6.07, 6.45) is 4.42. The zero-order chi connectivity index (χ0) is 14.7. The van der Waals surface area contributed by atoms with Gasteiger partial charge in [-0.1, -0.05) is 50.3 Å². The molecule has 0 N–H and O–H groups in total. The van der Waals surface area contributed by atoms with Crippen molar-refractivity contribution in [1.29, 1.82) is 0 Å². The minimum absolute atomic E-state index is 0.252. The minimum Gasteiger partial charge on any atom is -0.489 e. The van der Waals surface area contributed by atoms with E-state index in [1.54, 1.807) is 0 Å². The van der Waals surface area contributed by atoms with Crippen LogP contribution in [0.1, 0.15) is 19.4 Å². The zero-order valence-corrected chi connectivity index (χ0v) is 12.6. The van der Waals surface area contributed by atoms with E-state index in [0.717, 1.165) is 12.3 Å². The molecule has 0 bridgehead atoms. The van der Waals surface area contributed by atoms with Gasteiger partial charge >= 0.3 is 0 Å². The molecule has 0 radical (unpaired) electrons. The van der Waals surface area contributed by atoms with Crippen LogP contribution in [0.3, 0.4) is 0 Å². The fourth-order valence-corrected chi connectivity index (χ4v) is 2.49. The Bertz CT molecular complexity index is 614. The third kappa shape index (κ3) is 3.46. The van der Waals surface area contributed by atoms with Gasteiger partial charge in [-0.15, -0.1) is 0 Å². The van der Waals surface area contributed by atoms with Crippen LogP contribution in [0, 0.1) is 5.41 Å². The molecule has 0 amide bonds. The van der Waals surface area contributed by atoms with Crippen molar-refractivity contribution >= 4 is 5.69 Å². The molecule has 0 saturated carbocycles. The number of rotatable bonds is 4. The molecule has 0 spiro atoms. The quantitative estimate of drug-likeness (QED) is 0.809. The van der Waals surface area contributed by atoms with E-state index in [-0.39, 0.29) is 5.41 Å². The summed E-state index contributed by atoms with van der Waals surface area (Å²) in [5, 5.41) is 0. The highest BCUT2D eigenvalue weighted by Gasteiger charge is 2.23. The lowest BCUT2D eigenvalue weighted by atomic mass is 9.96. The minimum atomic E-state index is 0.252. The van der Waals surface area contributed by atoms with Crippen LogP contribution in [-0.2, 0) is 6.61 Å². The SMILES string of the molecule is CC1(C)C=CN(c2ccc(OCc3ccccc3)cc2)C1. The molecule has 0 fully saturated rings. The predicted octanol–water partition coefficient (Wildman–Crippen LogP) is 4.63. The fraction of sp³-hybridized carbons (Fsp3) is 0.263. The van der Waals surface area contributed by atoms with Crippen molar-refractivity contribution in [2.75, 3.05) is 11.4 Å². The lowest BCUT2D eigenvalue weighted by Gasteiger charge is -2.22. The maximum Gasteiger partial charge on any atom is 0.119 e. The van der Waals surface area contributed by atoms with Crippen molar-refractivity contribution in [3.8, 4) is 5.75 Å². The van der Waals surface area contributed by atoms with Crippen LogP contribution < -0.4 is 9.64 Å². The van der Waals surface area contributed by atoms with Crippen molar-refractivity contribution in [1.82, 2.24) is 0 Å². The molecule has 3 rings (SSSR count). The molecule has 0 atom stereocenters. The van der Waals surface area contributed by atoms with Crippen molar-refractivity contribution in [2.45, 2.75) is 20.5 Å². The van der Waals surface area contributed by atoms with Crippen LogP contribution in [0.5, 0.6) is 5.75 Å². The Hall–Kier alpha value is -2.22. The molecule has 0 aliphatic carbocycles. The molecular weight excluding hydrogens is 258 g/mol. The van der Waals surface area contributed by atoms with Gasteiger partial charge in [-0.2, -0.15) is 0 Å². The van der Waals surface area contributed by atoms with E-state index in [2.05, 4.69) is 55.3 Å². The van der Waals surface area contributed by atoms with Crippen molar-refractivity contribution in [3.63, 3.8) is 0 Å². The molecule has 1 heterocycles. The second-order valence-corrected chi connectivity index (χ2v) is 6.20. The summed E-state index contributed by atoms with van der Waals surface area (Å²) in [5.74, 6) is 0.907. The monoisotopic (exact) mass is 279 g/mol. The van der Waals surface area contributed by atoms with Gasteiger partial charge in [-0.05, 0) is 29.8 Å². The second-order valence-electron chi connectivity index (χ2n) is 6.20. The van der Waals surface area contributed by atoms with Gasteiger partial charge in [0.2, 0.25) is 0 Å². The number of anilines is 1. The highest BCUT2D eigenvalue weighted by molar-refractivity contribution is 5.53. The normalized spacial score (nSPS) is 16.2. The molecule has 2 heteroatoms. The lowest BCUT2D eigenvalue weighted by Crippen LogP contribution is -2.22. The summed E-state index contributed by atoms with van der Waals surface area (Å²) in [6, 6.07) is 18.5. The van der Waals surface area contributed by atoms with E-state index >= 15 is 0 Å². The van der Waals surface area contributed by atoms with Gasteiger partial charge in [0, 0.05) is 23.8 Å². The number of benzene rings is 2. The van der Waals surface area contributed by atoms with Gasteiger partial charge < -0.3 is 9.64 Å². The smallest absolute Gasteiger partial charge is 0.119 e. The maximum absolute atomic E-state index is 5.81. The summed E-state index contributed by atoms with van der Waals surface area (Å²) < 4.78 is 5.81. The molecule has 0 aromatic heterocycles. The van der Waals surface area contributed by atoms with Crippen LogP contribution in [0.4, 0.5) is 5.69 Å². The molecule has 2 nitrogen and oxygen atoms in total. The number of nitrogens with zero attached hydrogens (tertiary/aromatic N) is 1. The van der Waals surface area contributed by atoms with Gasteiger partial charge in [-0.3, -0.25) is 0 Å². The first-order valence-corrected chi connectivity index (χ1v) is 7.35. The molecule has 1 aliphatic rings. The first-order valence-electron chi connectivity index (χ1n) is 7.35. The molecule has 1 aliphatic heterocycles. The van der Waals surface area contributed by atoms with Crippen LogP contribution >= 0.6 is 0 Å². The second kappa shape index (κ2) is 5.65. The molecule has 2 aromatic rings. The van der Waals surface area contributed by atoms with Crippen LogP contribution in [0.2, 0.25) is 0 Å². The lowest BCUT2D eigenvalue weighted by molar-refractivity contribution is 0.306. The molecule has 108 valence electrons. The van der Waals surface area contributed by atoms with E-state index in [0.29, 0.717) is 6.61 Å². The standard InChI is InChI=1S/C19H21NO/c1-19(2)12-13-20(15-19)17-8-10-18(11-9-17)21-14-16-6-4-3-5-7-16/h3-13H,14-15H2,1-2H3. The van der Waals surface area contributed by atoms with Gasteiger partial charge in [0.05, 0.1) is 0 Å². The summed E-state index contributed by atoms with van der Waals surface area (Å²) in [5.41, 5.74) is 2.65. The third-order valence-electron chi connectivity index (χ3n) is 3.70. The van der Waals surface area contributed by atoms with E-state index < -0.39 is 0 Å². The Labute approximate surface area is 126 Å². The van der Waals surface area contributed by atoms with Gasteiger partial charge in [-0.25, -0.2) is 0 Å². The fourth-order valence-electron chi connectivity index (χ4n) is 2.49. The van der Waals surface area contributed by atoms with Crippen molar-refractivity contribution in [2.24, 2.45) is 5.41 Å². The number of hydrogen-bond donors (Lipinski definition) is 0. The number of hydrogen-bond acceptors (Lipinski definition) is 2. The average Bonchev–Trinajstić information content (AvgIpc) is 2.87. The van der Waals surface area contributed by atoms with Gasteiger partial charge in [0.15, 0.2) is 0 Å². The Kier molecular flexibility index (Phi) is 3.70. The van der Waals surface area contributed by atoms with Crippen molar-refractivity contribution < 1.29 is 4.74 Å². The average molecular weight is 279 g/mol. The van der Waals surface area contributed by atoms with Gasteiger partial charge in [0.25, 0.3) is 0 Å². The van der Waals surface area contributed by atoms with Gasteiger partial charge in [0.1, 0.15) is 12.4 Å². The van der Waals surface area contributed by atoms with E-state index in [4.69, 9.17) is 4.74 Å². The molecule has 0 saturated heterocycles. The summed E-state index contributed by atoms with van der Waals surface area (Å²) in [7, 11) is 0. The van der Waals surface area contributed by atoms with E-state index in [1.165, 1.54) is 11.3 Å². The molecule has 21 heavy (non-hydrogen) atoms.